The molecule has 118 valence electrons. The molecule has 23 heavy (non-hydrogen) atoms. The van der Waals surface area contributed by atoms with E-state index >= 15 is 0 Å². The van der Waals surface area contributed by atoms with Crippen molar-refractivity contribution in [3.05, 3.63) is 72.3 Å². The topological polar surface area (TPSA) is 53.5 Å². The molecule has 0 fully saturated rings. The van der Waals surface area contributed by atoms with Crippen molar-refractivity contribution in [1.82, 2.24) is 5.43 Å². The second-order valence-electron chi connectivity index (χ2n) is 5.00. The van der Waals surface area contributed by atoms with Gasteiger partial charge in [-0.3, -0.25) is 4.79 Å². The standard InChI is InChI=1S/C19H21N3O/c1-2-18(21-17-13-7-4-8-14-17)19(23)22-20-15-9-12-16-10-5-3-6-11-16/h3-15,18,21H,2H2,1H3,(H,22,23)/b12-9+,20-15+. The van der Waals surface area contributed by atoms with Crippen LogP contribution in [0.3, 0.4) is 0 Å². The molecule has 1 unspecified atom stereocenters. The summed E-state index contributed by atoms with van der Waals surface area (Å²) in [4.78, 5) is 12.1. The highest BCUT2D eigenvalue weighted by Crippen LogP contribution is 2.08. The van der Waals surface area contributed by atoms with Gasteiger partial charge in [-0.15, -0.1) is 0 Å². The van der Waals surface area contributed by atoms with Crippen molar-refractivity contribution in [3.8, 4) is 0 Å². The number of rotatable bonds is 7. The van der Waals surface area contributed by atoms with E-state index in [0.717, 1.165) is 11.3 Å². The second-order valence-corrected chi connectivity index (χ2v) is 5.00. The van der Waals surface area contributed by atoms with Gasteiger partial charge < -0.3 is 5.32 Å². The van der Waals surface area contributed by atoms with Crippen LogP contribution in [-0.4, -0.2) is 18.2 Å². The van der Waals surface area contributed by atoms with Crippen LogP contribution in [0, 0.1) is 0 Å². The van der Waals surface area contributed by atoms with Gasteiger partial charge in [-0.05, 0) is 30.2 Å². The molecule has 0 bridgehead atoms. The third-order valence-corrected chi connectivity index (χ3v) is 3.26. The zero-order valence-electron chi connectivity index (χ0n) is 13.1. The van der Waals surface area contributed by atoms with Gasteiger partial charge in [0.1, 0.15) is 6.04 Å². The van der Waals surface area contributed by atoms with E-state index in [2.05, 4.69) is 15.8 Å². The first kappa shape index (κ1) is 16.5. The maximum Gasteiger partial charge on any atom is 0.262 e. The number of carbonyl (C=O) groups is 1. The average Bonchev–Trinajstić information content (AvgIpc) is 2.61. The highest BCUT2D eigenvalue weighted by molar-refractivity contribution is 5.86. The molecule has 2 N–H and O–H groups in total. The van der Waals surface area contributed by atoms with E-state index < -0.39 is 0 Å². The highest BCUT2D eigenvalue weighted by Gasteiger charge is 2.14. The average molecular weight is 307 g/mol. The van der Waals surface area contributed by atoms with Crippen molar-refractivity contribution < 1.29 is 4.79 Å². The van der Waals surface area contributed by atoms with Crippen molar-refractivity contribution in [2.45, 2.75) is 19.4 Å². The molecule has 1 amide bonds. The normalized spacial score (nSPS) is 12.4. The first-order valence-electron chi connectivity index (χ1n) is 7.66. The number of amides is 1. The minimum absolute atomic E-state index is 0.152. The number of anilines is 1. The van der Waals surface area contributed by atoms with Crippen LogP contribution in [0.25, 0.3) is 6.08 Å². The van der Waals surface area contributed by atoms with Gasteiger partial charge >= 0.3 is 0 Å². The van der Waals surface area contributed by atoms with E-state index in [4.69, 9.17) is 0 Å². The maximum atomic E-state index is 12.1. The Morgan fingerprint density at radius 2 is 1.74 bits per heavy atom. The van der Waals surface area contributed by atoms with Gasteiger partial charge in [-0.1, -0.05) is 61.5 Å². The van der Waals surface area contributed by atoms with Crippen LogP contribution in [0.2, 0.25) is 0 Å². The van der Waals surface area contributed by atoms with Crippen LogP contribution < -0.4 is 10.7 Å². The fourth-order valence-electron chi connectivity index (χ4n) is 2.03. The van der Waals surface area contributed by atoms with Gasteiger partial charge in [0.15, 0.2) is 0 Å². The predicted molar refractivity (Wildman–Crippen MR) is 96.3 cm³/mol. The lowest BCUT2D eigenvalue weighted by atomic mass is 10.2. The summed E-state index contributed by atoms with van der Waals surface area (Å²) in [6.07, 6.45) is 5.96. The third-order valence-electron chi connectivity index (χ3n) is 3.26. The maximum absolute atomic E-state index is 12.1. The summed E-state index contributed by atoms with van der Waals surface area (Å²) < 4.78 is 0. The van der Waals surface area contributed by atoms with E-state index in [1.165, 1.54) is 0 Å². The molecule has 2 aromatic carbocycles. The Morgan fingerprint density at radius 1 is 1.09 bits per heavy atom. The number of hydrazone groups is 1. The molecular formula is C19H21N3O. The number of nitrogens with one attached hydrogen (secondary N) is 2. The van der Waals surface area contributed by atoms with Crippen molar-refractivity contribution in [2.75, 3.05) is 5.32 Å². The largest absolute Gasteiger partial charge is 0.374 e. The van der Waals surface area contributed by atoms with Crippen LogP contribution in [0.15, 0.2) is 71.8 Å². The van der Waals surface area contributed by atoms with Crippen molar-refractivity contribution >= 4 is 23.9 Å². The molecule has 0 saturated carbocycles. The van der Waals surface area contributed by atoms with Gasteiger partial charge in [0.25, 0.3) is 5.91 Å². The number of benzene rings is 2. The Bertz CT molecular complexity index is 651. The summed E-state index contributed by atoms with van der Waals surface area (Å²) >= 11 is 0. The fraction of sp³-hybridized carbons (Fsp3) is 0.158. The van der Waals surface area contributed by atoms with Crippen LogP contribution in [-0.2, 0) is 4.79 Å². The lowest BCUT2D eigenvalue weighted by Crippen LogP contribution is -2.36. The van der Waals surface area contributed by atoms with Gasteiger partial charge in [-0.2, -0.15) is 5.10 Å². The summed E-state index contributed by atoms with van der Waals surface area (Å²) in [5.74, 6) is -0.152. The molecule has 0 spiro atoms. The second kappa shape index (κ2) is 9.20. The van der Waals surface area contributed by atoms with Gasteiger partial charge in [-0.25, -0.2) is 5.43 Å². The summed E-state index contributed by atoms with van der Waals surface area (Å²) in [7, 11) is 0. The quantitative estimate of drug-likeness (QED) is 0.605. The molecule has 0 radical (unpaired) electrons. The predicted octanol–water partition coefficient (Wildman–Crippen LogP) is 3.69. The van der Waals surface area contributed by atoms with E-state index in [9.17, 15) is 4.79 Å². The molecule has 2 rings (SSSR count). The number of allylic oxidation sites excluding steroid dienone is 1. The first-order valence-corrected chi connectivity index (χ1v) is 7.66. The SMILES string of the molecule is CCC(Nc1ccccc1)C(=O)N/N=C/C=C/c1ccccc1. The number of nitrogens with zero attached hydrogens (tertiary/aromatic N) is 1. The van der Waals surface area contributed by atoms with Crippen LogP contribution in [0.1, 0.15) is 18.9 Å². The first-order chi connectivity index (χ1) is 11.3. The van der Waals surface area contributed by atoms with Crippen LogP contribution in [0.4, 0.5) is 5.69 Å². The fourth-order valence-corrected chi connectivity index (χ4v) is 2.03. The number of para-hydroxylation sites is 1. The Balaban J connectivity index is 1.82. The monoisotopic (exact) mass is 307 g/mol. The molecule has 0 aromatic heterocycles. The van der Waals surface area contributed by atoms with Gasteiger partial charge in [0.2, 0.25) is 0 Å². The van der Waals surface area contributed by atoms with E-state index in [0.29, 0.717) is 6.42 Å². The van der Waals surface area contributed by atoms with Crippen molar-refractivity contribution in [1.29, 1.82) is 0 Å². The lowest BCUT2D eigenvalue weighted by Gasteiger charge is -2.16. The highest BCUT2D eigenvalue weighted by atomic mass is 16.2. The molecule has 0 aliphatic rings. The third kappa shape index (κ3) is 5.79. The summed E-state index contributed by atoms with van der Waals surface area (Å²) in [5.41, 5.74) is 4.56. The summed E-state index contributed by atoms with van der Waals surface area (Å²) in [6, 6.07) is 19.3. The Labute approximate surface area is 136 Å². The van der Waals surface area contributed by atoms with E-state index in [1.54, 1.807) is 12.3 Å². The number of carbonyl (C=O) groups excluding carboxylic acids is 1. The molecule has 0 saturated heterocycles. The number of hydrogen-bond donors (Lipinski definition) is 2. The smallest absolute Gasteiger partial charge is 0.262 e. The van der Waals surface area contributed by atoms with Crippen molar-refractivity contribution in [3.63, 3.8) is 0 Å². The van der Waals surface area contributed by atoms with E-state index in [-0.39, 0.29) is 11.9 Å². The summed E-state index contributed by atoms with van der Waals surface area (Å²) in [6.45, 7) is 1.96. The molecule has 0 heterocycles. The molecule has 1 atom stereocenters. The minimum Gasteiger partial charge on any atom is -0.374 e. The molecule has 4 nitrogen and oxygen atoms in total. The minimum atomic E-state index is -0.312. The Morgan fingerprint density at radius 3 is 2.39 bits per heavy atom. The Kier molecular flexibility index (Phi) is 6.60. The van der Waals surface area contributed by atoms with Gasteiger partial charge in [0.05, 0.1) is 0 Å². The molecule has 4 heteroatoms. The van der Waals surface area contributed by atoms with Crippen LogP contribution >= 0.6 is 0 Å². The van der Waals surface area contributed by atoms with Crippen molar-refractivity contribution in [2.24, 2.45) is 5.10 Å². The van der Waals surface area contributed by atoms with Crippen LogP contribution in [0.5, 0.6) is 0 Å². The molecule has 2 aromatic rings. The number of hydrogen-bond acceptors (Lipinski definition) is 3. The molecule has 0 aliphatic heterocycles. The molecule has 0 aliphatic carbocycles. The zero-order chi connectivity index (χ0) is 16.3. The molecular weight excluding hydrogens is 286 g/mol. The summed E-state index contributed by atoms with van der Waals surface area (Å²) in [5, 5.41) is 7.14. The van der Waals surface area contributed by atoms with E-state index in [1.807, 2.05) is 73.7 Å². The van der Waals surface area contributed by atoms with Gasteiger partial charge in [0, 0.05) is 11.9 Å². The zero-order valence-corrected chi connectivity index (χ0v) is 13.1. The Hall–Kier alpha value is -2.88. The lowest BCUT2D eigenvalue weighted by molar-refractivity contribution is -0.121.